The number of rotatable bonds is 9. The fourth-order valence-corrected chi connectivity index (χ4v) is 1.64. The normalized spacial score (nSPS) is 16.9. The molecule has 0 aliphatic rings. The van der Waals surface area contributed by atoms with Crippen LogP contribution in [0.15, 0.2) is 12.2 Å². The van der Waals surface area contributed by atoms with Crippen LogP contribution in [0, 0.1) is 5.92 Å². The van der Waals surface area contributed by atoms with Crippen molar-refractivity contribution < 1.29 is 15.0 Å². The Bertz CT molecular complexity index is 239. The third-order valence-corrected chi connectivity index (χ3v) is 2.63. The third kappa shape index (κ3) is 7.94. The maximum Gasteiger partial charge on any atom is 0.321 e. The van der Waals surface area contributed by atoms with E-state index in [0.717, 1.165) is 12.8 Å². The van der Waals surface area contributed by atoms with Crippen molar-refractivity contribution in [2.24, 2.45) is 5.92 Å². The Labute approximate surface area is 104 Å². The number of aliphatic carboxylic acids is 1. The van der Waals surface area contributed by atoms with E-state index in [1.807, 2.05) is 19.1 Å². The van der Waals surface area contributed by atoms with E-state index in [1.165, 1.54) is 19.8 Å². The lowest BCUT2D eigenvalue weighted by molar-refractivity contribution is -0.141. The summed E-state index contributed by atoms with van der Waals surface area (Å²) in [4.78, 5) is 11.0. The number of unbranched alkanes of at least 4 members (excludes halogenated alkanes) is 3. The van der Waals surface area contributed by atoms with E-state index in [9.17, 15) is 4.79 Å². The summed E-state index contributed by atoms with van der Waals surface area (Å²) in [5, 5.41) is 20.8. The second-order valence-corrected chi connectivity index (χ2v) is 4.44. The number of nitrogens with one attached hydrogen (secondary N) is 1. The number of aliphatic hydroxyl groups is 1. The molecule has 0 fully saturated rings. The van der Waals surface area contributed by atoms with Crippen LogP contribution in [0.4, 0.5) is 0 Å². The molecule has 0 bridgehead atoms. The molecule has 0 rings (SSSR count). The number of carboxylic acid groups (broad SMARTS) is 1. The summed E-state index contributed by atoms with van der Waals surface area (Å²) in [6.45, 7) is 5.51. The van der Waals surface area contributed by atoms with Crippen LogP contribution in [0.1, 0.15) is 46.5 Å². The zero-order chi connectivity index (χ0) is 13.3. The predicted octanol–water partition coefficient (Wildman–Crippen LogP) is 2.14. The molecule has 0 amide bonds. The van der Waals surface area contributed by atoms with Gasteiger partial charge in [-0.3, -0.25) is 10.1 Å². The first kappa shape index (κ1) is 16.1. The summed E-state index contributed by atoms with van der Waals surface area (Å²) in [5.74, 6) is -1.07. The molecule has 17 heavy (non-hydrogen) atoms. The zero-order valence-corrected chi connectivity index (χ0v) is 11.0. The highest BCUT2D eigenvalue weighted by molar-refractivity contribution is 5.74. The van der Waals surface area contributed by atoms with Crippen molar-refractivity contribution in [3.63, 3.8) is 0 Å². The third-order valence-electron chi connectivity index (χ3n) is 2.63. The van der Waals surface area contributed by atoms with Gasteiger partial charge >= 0.3 is 5.97 Å². The fraction of sp³-hybridized carbons (Fsp3) is 0.769. The van der Waals surface area contributed by atoms with Gasteiger partial charge in [-0.2, -0.15) is 0 Å². The van der Waals surface area contributed by atoms with Gasteiger partial charge in [0.2, 0.25) is 0 Å². The van der Waals surface area contributed by atoms with Gasteiger partial charge in [0.15, 0.2) is 0 Å². The van der Waals surface area contributed by atoms with Gasteiger partial charge in [-0.1, -0.05) is 38.8 Å². The fourth-order valence-electron chi connectivity index (χ4n) is 1.64. The summed E-state index contributed by atoms with van der Waals surface area (Å²) in [7, 11) is 0. The highest BCUT2D eigenvalue weighted by Crippen LogP contribution is 2.08. The van der Waals surface area contributed by atoms with Crippen molar-refractivity contribution in [2.45, 2.75) is 58.7 Å². The van der Waals surface area contributed by atoms with E-state index in [2.05, 4.69) is 12.2 Å². The first-order valence-electron chi connectivity index (χ1n) is 6.32. The Morgan fingerprint density at radius 1 is 1.35 bits per heavy atom. The largest absolute Gasteiger partial charge is 0.480 e. The van der Waals surface area contributed by atoms with Crippen LogP contribution in [-0.4, -0.2) is 28.5 Å². The molecule has 0 heterocycles. The molecular weight excluding hydrogens is 218 g/mol. The predicted molar refractivity (Wildman–Crippen MR) is 68.7 cm³/mol. The van der Waals surface area contributed by atoms with Crippen LogP contribution in [0.3, 0.4) is 0 Å². The molecule has 100 valence electrons. The Hall–Kier alpha value is -0.870. The Balaban J connectivity index is 4.13. The van der Waals surface area contributed by atoms with E-state index in [-0.39, 0.29) is 5.92 Å². The summed E-state index contributed by atoms with van der Waals surface area (Å²) in [5.41, 5.74) is 0. The Morgan fingerprint density at radius 2 is 2.00 bits per heavy atom. The molecule has 3 atom stereocenters. The molecular formula is C13H25NO3. The number of aliphatic hydroxyl groups excluding tert-OH is 1. The lowest BCUT2D eigenvalue weighted by Crippen LogP contribution is -2.45. The average Bonchev–Trinajstić information content (AvgIpc) is 2.24. The summed E-state index contributed by atoms with van der Waals surface area (Å²) >= 11 is 0. The van der Waals surface area contributed by atoms with E-state index in [1.54, 1.807) is 0 Å². The highest BCUT2D eigenvalue weighted by atomic mass is 16.4. The van der Waals surface area contributed by atoms with Crippen LogP contribution in [0.25, 0.3) is 0 Å². The summed E-state index contributed by atoms with van der Waals surface area (Å²) < 4.78 is 0. The second-order valence-electron chi connectivity index (χ2n) is 4.44. The molecule has 0 aromatic carbocycles. The molecule has 0 spiro atoms. The number of carboxylic acids is 1. The van der Waals surface area contributed by atoms with Gasteiger partial charge in [-0.25, -0.2) is 0 Å². The second kappa shape index (κ2) is 9.19. The maximum absolute atomic E-state index is 11.0. The number of hydrogen-bond donors (Lipinski definition) is 3. The van der Waals surface area contributed by atoms with Gasteiger partial charge in [0.1, 0.15) is 12.3 Å². The van der Waals surface area contributed by atoms with Gasteiger partial charge < -0.3 is 10.2 Å². The van der Waals surface area contributed by atoms with Gasteiger partial charge in [-0.15, -0.1) is 0 Å². The SMILES string of the molecule is CCCCC/C=C\C(C)C(NC(C)O)C(=O)O. The quantitative estimate of drug-likeness (QED) is 0.330. The standard InChI is InChI=1S/C13H25NO3/c1-4-5-6-7-8-9-10(2)12(13(16)17)14-11(3)15/h8-12,14-15H,4-7H2,1-3H3,(H,16,17)/b9-8-. The van der Waals surface area contributed by atoms with E-state index in [4.69, 9.17) is 10.2 Å². The molecule has 0 saturated carbocycles. The molecule has 3 N–H and O–H groups in total. The van der Waals surface area contributed by atoms with Gasteiger partial charge in [0, 0.05) is 5.92 Å². The van der Waals surface area contributed by atoms with Crippen molar-refractivity contribution >= 4 is 5.97 Å². The van der Waals surface area contributed by atoms with Crippen molar-refractivity contribution in [1.29, 1.82) is 0 Å². The smallest absolute Gasteiger partial charge is 0.321 e. The molecule has 0 aromatic rings. The minimum absolute atomic E-state index is 0.135. The van der Waals surface area contributed by atoms with E-state index >= 15 is 0 Å². The van der Waals surface area contributed by atoms with Crippen molar-refractivity contribution in [1.82, 2.24) is 5.32 Å². The van der Waals surface area contributed by atoms with Crippen molar-refractivity contribution in [3.05, 3.63) is 12.2 Å². The highest BCUT2D eigenvalue weighted by Gasteiger charge is 2.23. The van der Waals surface area contributed by atoms with Crippen LogP contribution < -0.4 is 5.32 Å². The molecule has 0 saturated heterocycles. The monoisotopic (exact) mass is 243 g/mol. The number of carbonyl (C=O) groups is 1. The Morgan fingerprint density at radius 3 is 2.47 bits per heavy atom. The topological polar surface area (TPSA) is 69.6 Å². The minimum Gasteiger partial charge on any atom is -0.480 e. The number of allylic oxidation sites excluding steroid dienone is 1. The van der Waals surface area contributed by atoms with Crippen molar-refractivity contribution in [3.8, 4) is 0 Å². The molecule has 0 aromatic heterocycles. The molecule has 0 aliphatic carbocycles. The van der Waals surface area contributed by atoms with Crippen LogP contribution in [0.5, 0.6) is 0 Å². The van der Waals surface area contributed by atoms with Gasteiger partial charge in [0.05, 0.1) is 0 Å². The first-order chi connectivity index (χ1) is 7.99. The van der Waals surface area contributed by atoms with Gasteiger partial charge in [0.25, 0.3) is 0 Å². The molecule has 3 unspecified atom stereocenters. The van der Waals surface area contributed by atoms with E-state index in [0.29, 0.717) is 0 Å². The maximum atomic E-state index is 11.0. The summed E-state index contributed by atoms with van der Waals surface area (Å²) in [6.07, 6.45) is 7.63. The van der Waals surface area contributed by atoms with Crippen LogP contribution in [-0.2, 0) is 4.79 Å². The van der Waals surface area contributed by atoms with Crippen LogP contribution >= 0.6 is 0 Å². The lowest BCUT2D eigenvalue weighted by Gasteiger charge is -2.20. The molecule has 0 aliphatic heterocycles. The zero-order valence-electron chi connectivity index (χ0n) is 11.0. The number of hydrogen-bond acceptors (Lipinski definition) is 3. The molecule has 4 nitrogen and oxygen atoms in total. The first-order valence-corrected chi connectivity index (χ1v) is 6.32. The van der Waals surface area contributed by atoms with Gasteiger partial charge in [-0.05, 0) is 19.8 Å². The molecule has 4 heteroatoms. The van der Waals surface area contributed by atoms with Crippen molar-refractivity contribution in [2.75, 3.05) is 0 Å². The summed E-state index contributed by atoms with van der Waals surface area (Å²) in [6, 6.07) is -0.738. The molecule has 0 radical (unpaired) electrons. The average molecular weight is 243 g/mol. The Kier molecular flexibility index (Phi) is 8.72. The van der Waals surface area contributed by atoms with E-state index < -0.39 is 18.2 Å². The van der Waals surface area contributed by atoms with Crippen LogP contribution in [0.2, 0.25) is 0 Å². The lowest BCUT2D eigenvalue weighted by atomic mass is 10.0. The minimum atomic E-state index is -0.934.